The standard InChI is InChI=1S/C23H27NO8/c1-21-5-4-13-14(11-30-19(13)27)15(21)10-16-22(31-16)18(26)12(9-17-23(21,22)32-17)3-2-8-29-20(28)24-6-7-25/h9,15-17,25H,2-8,10-11H2,1H3,(H,24,28)/t15-,16+,17+,21+,22-,23-/m1/s1. The summed E-state index contributed by atoms with van der Waals surface area (Å²) in [4.78, 5) is 37.2. The van der Waals surface area contributed by atoms with E-state index in [0.29, 0.717) is 37.9 Å². The fraction of sp³-hybridized carbons (Fsp3) is 0.696. The third-order valence-corrected chi connectivity index (χ3v) is 8.49. The van der Waals surface area contributed by atoms with Crippen LogP contribution < -0.4 is 5.32 Å². The Balaban J connectivity index is 1.20. The lowest BCUT2D eigenvalue weighted by molar-refractivity contribution is -0.136. The van der Waals surface area contributed by atoms with Gasteiger partial charge < -0.3 is 29.4 Å². The van der Waals surface area contributed by atoms with Crippen LogP contribution in [0, 0.1) is 11.3 Å². The molecule has 0 aromatic rings. The van der Waals surface area contributed by atoms with Crippen molar-refractivity contribution < 1.29 is 38.4 Å². The molecule has 32 heavy (non-hydrogen) atoms. The number of rotatable bonds is 6. The highest BCUT2D eigenvalue weighted by Crippen LogP contribution is 2.77. The molecule has 2 saturated heterocycles. The van der Waals surface area contributed by atoms with E-state index in [1.165, 1.54) is 0 Å². The number of alkyl carbamates (subject to hydrolysis) is 1. The van der Waals surface area contributed by atoms with Gasteiger partial charge in [0, 0.05) is 17.5 Å². The molecule has 1 amide bonds. The van der Waals surface area contributed by atoms with Crippen LogP contribution in [-0.2, 0) is 28.5 Å². The van der Waals surface area contributed by atoms with E-state index >= 15 is 0 Å². The van der Waals surface area contributed by atoms with Crippen molar-refractivity contribution in [3.63, 3.8) is 0 Å². The maximum atomic E-state index is 13.6. The van der Waals surface area contributed by atoms with Crippen LogP contribution in [0.3, 0.4) is 0 Å². The summed E-state index contributed by atoms with van der Waals surface area (Å²) >= 11 is 0. The van der Waals surface area contributed by atoms with E-state index in [4.69, 9.17) is 24.1 Å². The van der Waals surface area contributed by atoms with Crippen molar-refractivity contribution >= 4 is 17.8 Å². The van der Waals surface area contributed by atoms with E-state index in [1.54, 1.807) is 0 Å². The van der Waals surface area contributed by atoms with Crippen molar-refractivity contribution in [3.8, 4) is 0 Å². The first-order valence-electron chi connectivity index (χ1n) is 11.4. The number of ketones is 1. The highest BCUT2D eigenvalue weighted by Gasteiger charge is 2.92. The van der Waals surface area contributed by atoms with Gasteiger partial charge in [-0.05, 0) is 55.2 Å². The van der Waals surface area contributed by atoms with Crippen molar-refractivity contribution in [1.29, 1.82) is 0 Å². The number of aliphatic hydroxyl groups excluding tert-OH is 1. The number of ether oxygens (including phenoxy) is 4. The normalized spacial score (nSPS) is 42.6. The van der Waals surface area contributed by atoms with E-state index in [0.717, 1.165) is 17.6 Å². The summed E-state index contributed by atoms with van der Waals surface area (Å²) in [6.07, 6.45) is 4.10. The Morgan fingerprint density at radius 2 is 2.19 bits per heavy atom. The molecule has 6 aliphatic rings. The van der Waals surface area contributed by atoms with Gasteiger partial charge in [-0.3, -0.25) is 4.79 Å². The minimum absolute atomic E-state index is 0.000758. The van der Waals surface area contributed by atoms with Gasteiger partial charge in [0.1, 0.15) is 18.3 Å². The second kappa shape index (κ2) is 6.65. The fourth-order valence-electron chi connectivity index (χ4n) is 6.96. The number of hydrogen-bond acceptors (Lipinski definition) is 8. The van der Waals surface area contributed by atoms with Gasteiger partial charge in [-0.1, -0.05) is 6.92 Å². The molecule has 0 aromatic heterocycles. The molecule has 0 unspecified atom stereocenters. The van der Waals surface area contributed by atoms with Gasteiger partial charge in [-0.2, -0.15) is 0 Å². The Kier molecular flexibility index (Phi) is 4.23. The molecule has 3 heterocycles. The average Bonchev–Trinajstić information content (AvgIpc) is 3.65. The van der Waals surface area contributed by atoms with Gasteiger partial charge in [-0.25, -0.2) is 9.59 Å². The number of nitrogens with one attached hydrogen (secondary N) is 1. The number of carbonyl (C=O) groups excluding carboxylic acids is 3. The largest absolute Gasteiger partial charge is 0.458 e. The molecule has 0 aromatic carbocycles. The quantitative estimate of drug-likeness (QED) is 0.351. The first-order chi connectivity index (χ1) is 15.4. The minimum atomic E-state index is -0.923. The molecule has 1 saturated carbocycles. The SMILES string of the molecule is C[C@]12CCC3=C(COC3=O)[C@H]1C[C@@H]1O[C@@]13C(=O)C(CCCOC(=O)NCCO)=C[C@@H]1O[C@]123. The minimum Gasteiger partial charge on any atom is -0.458 e. The Morgan fingerprint density at radius 3 is 3.00 bits per heavy atom. The van der Waals surface area contributed by atoms with Crippen molar-refractivity contribution in [1.82, 2.24) is 5.32 Å². The zero-order valence-corrected chi connectivity index (χ0v) is 18.0. The summed E-state index contributed by atoms with van der Waals surface area (Å²) < 4.78 is 23.0. The molecule has 2 spiro atoms. The van der Waals surface area contributed by atoms with Crippen LogP contribution in [0.5, 0.6) is 0 Å². The van der Waals surface area contributed by atoms with Crippen LogP contribution >= 0.6 is 0 Å². The second-order valence-electron chi connectivity index (χ2n) is 9.81. The fourth-order valence-corrected chi connectivity index (χ4v) is 6.96. The van der Waals surface area contributed by atoms with Gasteiger partial charge >= 0.3 is 12.1 Å². The van der Waals surface area contributed by atoms with E-state index in [9.17, 15) is 14.4 Å². The van der Waals surface area contributed by atoms with E-state index in [-0.39, 0.29) is 55.1 Å². The predicted octanol–water partition coefficient (Wildman–Crippen LogP) is 0.943. The van der Waals surface area contributed by atoms with Gasteiger partial charge in [0.05, 0.1) is 19.3 Å². The van der Waals surface area contributed by atoms with Crippen molar-refractivity contribution in [3.05, 3.63) is 22.8 Å². The lowest BCUT2D eigenvalue weighted by Crippen LogP contribution is -2.63. The highest BCUT2D eigenvalue weighted by atomic mass is 16.7. The van der Waals surface area contributed by atoms with E-state index in [1.807, 2.05) is 6.08 Å². The number of epoxide rings is 2. The number of carbonyl (C=O) groups is 3. The van der Waals surface area contributed by atoms with Crippen molar-refractivity contribution in [2.75, 3.05) is 26.4 Å². The van der Waals surface area contributed by atoms with E-state index < -0.39 is 17.3 Å². The molecule has 0 bridgehead atoms. The third-order valence-electron chi connectivity index (χ3n) is 8.49. The summed E-state index contributed by atoms with van der Waals surface area (Å²) in [5, 5.41) is 11.1. The summed E-state index contributed by atoms with van der Waals surface area (Å²) in [5.74, 6) is -0.0772. The van der Waals surface area contributed by atoms with Crippen LogP contribution in [0.25, 0.3) is 0 Å². The maximum Gasteiger partial charge on any atom is 0.407 e. The predicted molar refractivity (Wildman–Crippen MR) is 107 cm³/mol. The number of amides is 1. The third kappa shape index (κ3) is 2.36. The molecular formula is C23H27NO8. The van der Waals surface area contributed by atoms with Crippen LogP contribution in [0.4, 0.5) is 4.79 Å². The topological polar surface area (TPSA) is 127 Å². The van der Waals surface area contributed by atoms with E-state index in [2.05, 4.69) is 12.2 Å². The Bertz CT molecular complexity index is 986. The number of hydrogen-bond donors (Lipinski definition) is 2. The summed E-state index contributed by atoms with van der Waals surface area (Å²) in [5.41, 5.74) is 0.698. The van der Waals surface area contributed by atoms with Gasteiger partial charge in [0.25, 0.3) is 0 Å². The molecule has 2 N–H and O–H groups in total. The van der Waals surface area contributed by atoms with Crippen molar-refractivity contribution in [2.24, 2.45) is 11.3 Å². The molecule has 6 rings (SSSR count). The number of Topliss-reactive ketones (excluding diaryl/α,β-unsaturated/α-hetero) is 1. The first kappa shape index (κ1) is 20.4. The van der Waals surface area contributed by atoms with Gasteiger partial charge in [0.2, 0.25) is 0 Å². The first-order valence-corrected chi connectivity index (χ1v) is 11.4. The zero-order valence-electron chi connectivity index (χ0n) is 18.0. The molecule has 3 aliphatic heterocycles. The lowest BCUT2D eigenvalue weighted by atomic mass is 9.48. The monoisotopic (exact) mass is 445 g/mol. The second-order valence-corrected chi connectivity index (χ2v) is 9.81. The maximum absolute atomic E-state index is 13.6. The summed E-state index contributed by atoms with van der Waals surface area (Å²) in [6, 6.07) is 0. The smallest absolute Gasteiger partial charge is 0.407 e. The molecule has 9 heteroatoms. The number of fused-ring (bicyclic) bond motifs is 2. The lowest BCUT2D eigenvalue weighted by Gasteiger charge is -2.51. The highest BCUT2D eigenvalue weighted by molar-refractivity contribution is 6.08. The molecule has 172 valence electrons. The van der Waals surface area contributed by atoms with Crippen LogP contribution in [-0.4, -0.2) is 72.7 Å². The Hall–Kier alpha value is -2.23. The van der Waals surface area contributed by atoms with Crippen molar-refractivity contribution in [2.45, 2.75) is 62.4 Å². The summed E-state index contributed by atoms with van der Waals surface area (Å²) in [6.45, 7) is 2.71. The summed E-state index contributed by atoms with van der Waals surface area (Å²) in [7, 11) is 0. The number of aliphatic hydroxyl groups is 1. The molecule has 3 fully saturated rings. The molecule has 3 aliphatic carbocycles. The number of esters is 1. The Labute approximate surface area is 185 Å². The zero-order chi connectivity index (χ0) is 22.3. The van der Waals surface area contributed by atoms with Gasteiger partial charge in [0.15, 0.2) is 11.4 Å². The Morgan fingerprint density at radius 1 is 1.34 bits per heavy atom. The molecule has 0 radical (unpaired) electrons. The molecule has 9 nitrogen and oxygen atoms in total. The van der Waals surface area contributed by atoms with Crippen LogP contribution in [0.1, 0.15) is 39.0 Å². The molecular weight excluding hydrogens is 418 g/mol. The van der Waals surface area contributed by atoms with Crippen LogP contribution in [0.15, 0.2) is 22.8 Å². The van der Waals surface area contributed by atoms with Crippen LogP contribution in [0.2, 0.25) is 0 Å². The molecule has 6 atom stereocenters. The average molecular weight is 445 g/mol. The number of cyclic esters (lactones) is 1. The van der Waals surface area contributed by atoms with Gasteiger partial charge in [-0.15, -0.1) is 0 Å².